The van der Waals surface area contributed by atoms with Crippen LogP contribution >= 0.6 is 24.0 Å². The average Bonchev–Trinajstić information content (AvgIpc) is 3.18. The number of nitrogens with one attached hydrogen (secondary N) is 2. The highest BCUT2D eigenvalue weighted by molar-refractivity contribution is 14.0. The highest BCUT2D eigenvalue weighted by atomic mass is 127. The zero-order chi connectivity index (χ0) is 19.1. The van der Waals surface area contributed by atoms with Gasteiger partial charge in [0.1, 0.15) is 11.6 Å². The molecule has 1 heterocycles. The van der Waals surface area contributed by atoms with Gasteiger partial charge in [0, 0.05) is 44.6 Å². The molecule has 0 saturated carbocycles. The summed E-state index contributed by atoms with van der Waals surface area (Å²) in [6, 6.07) is 11.6. The lowest BCUT2D eigenvalue weighted by molar-refractivity contribution is 0.581. The molecule has 0 aliphatic rings. The Labute approximate surface area is 179 Å². The molecule has 3 aromatic rings. The van der Waals surface area contributed by atoms with E-state index in [1.807, 2.05) is 22.9 Å². The van der Waals surface area contributed by atoms with E-state index in [0.717, 1.165) is 29.8 Å². The lowest BCUT2D eigenvalue weighted by Gasteiger charge is -2.13. The van der Waals surface area contributed by atoms with Crippen molar-refractivity contribution >= 4 is 29.9 Å². The molecule has 5 nitrogen and oxygen atoms in total. The normalized spacial score (nSPS) is 11.0. The number of hydrogen-bond acceptors (Lipinski definition) is 2. The molecular weight excluding hydrogens is 475 g/mol. The molecule has 0 aliphatic heterocycles. The van der Waals surface area contributed by atoms with Crippen molar-refractivity contribution in [3.05, 3.63) is 89.5 Å². The summed E-state index contributed by atoms with van der Waals surface area (Å²) in [4.78, 5) is 8.16. The number of aromatic nitrogens is 2. The second-order valence-electron chi connectivity index (χ2n) is 6.07. The predicted octanol–water partition coefficient (Wildman–Crippen LogP) is 3.69. The molecule has 1 aromatic heterocycles. The van der Waals surface area contributed by atoms with E-state index in [1.165, 1.54) is 6.07 Å². The quantitative estimate of drug-likeness (QED) is 0.311. The van der Waals surface area contributed by atoms with Crippen molar-refractivity contribution in [2.24, 2.45) is 4.99 Å². The van der Waals surface area contributed by atoms with Gasteiger partial charge >= 0.3 is 0 Å². The maximum atomic E-state index is 13.7. The molecule has 3 rings (SSSR count). The van der Waals surface area contributed by atoms with Crippen molar-refractivity contribution in [1.82, 2.24) is 20.2 Å². The fraction of sp³-hybridized carbons (Fsp3) is 0.200. The predicted molar refractivity (Wildman–Crippen MR) is 117 cm³/mol. The van der Waals surface area contributed by atoms with Gasteiger partial charge in [-0.15, -0.1) is 24.0 Å². The van der Waals surface area contributed by atoms with Crippen LogP contribution in [0.4, 0.5) is 8.78 Å². The van der Waals surface area contributed by atoms with Crippen LogP contribution in [0.3, 0.4) is 0 Å². The number of guanidine groups is 1. The van der Waals surface area contributed by atoms with Gasteiger partial charge in [-0.25, -0.2) is 13.8 Å². The maximum absolute atomic E-state index is 13.7. The van der Waals surface area contributed by atoms with Gasteiger partial charge in [-0.1, -0.05) is 24.3 Å². The third-order valence-electron chi connectivity index (χ3n) is 4.05. The van der Waals surface area contributed by atoms with Gasteiger partial charge in [0.2, 0.25) is 0 Å². The monoisotopic (exact) mass is 497 g/mol. The molecule has 0 unspecified atom stereocenters. The minimum absolute atomic E-state index is 0. The molecule has 0 atom stereocenters. The summed E-state index contributed by atoms with van der Waals surface area (Å²) in [7, 11) is 1.63. The maximum Gasteiger partial charge on any atom is 0.191 e. The van der Waals surface area contributed by atoms with Crippen molar-refractivity contribution in [1.29, 1.82) is 0 Å². The standard InChI is InChI=1S/C20H21F2N5.HI/c1-23-20(26-12-17-10-18(21)5-6-19(17)22)25-11-15-3-2-4-16(9-15)13-27-8-7-24-14-27;/h2-10,14H,11-13H2,1H3,(H2,23,25,26);1H. The van der Waals surface area contributed by atoms with Gasteiger partial charge in [-0.05, 0) is 29.3 Å². The van der Waals surface area contributed by atoms with Crippen molar-refractivity contribution in [2.45, 2.75) is 19.6 Å². The molecule has 0 bridgehead atoms. The first-order chi connectivity index (χ1) is 13.1. The fourth-order valence-electron chi connectivity index (χ4n) is 2.69. The molecule has 148 valence electrons. The number of rotatable bonds is 6. The van der Waals surface area contributed by atoms with Gasteiger partial charge in [-0.2, -0.15) is 0 Å². The van der Waals surface area contributed by atoms with Crippen LogP contribution in [0, 0.1) is 11.6 Å². The third-order valence-corrected chi connectivity index (χ3v) is 4.05. The van der Waals surface area contributed by atoms with Gasteiger partial charge in [0.05, 0.1) is 6.33 Å². The van der Waals surface area contributed by atoms with Crippen LogP contribution in [0.15, 0.2) is 66.2 Å². The second kappa shape index (κ2) is 10.7. The van der Waals surface area contributed by atoms with Crippen LogP contribution in [0.2, 0.25) is 0 Å². The van der Waals surface area contributed by atoms with Crippen LogP contribution in [-0.2, 0) is 19.6 Å². The van der Waals surface area contributed by atoms with E-state index >= 15 is 0 Å². The molecule has 28 heavy (non-hydrogen) atoms. The minimum Gasteiger partial charge on any atom is -0.352 e. The lowest BCUT2D eigenvalue weighted by Crippen LogP contribution is -2.36. The summed E-state index contributed by atoms with van der Waals surface area (Å²) in [6.45, 7) is 1.45. The zero-order valence-electron chi connectivity index (χ0n) is 15.4. The number of hydrogen-bond donors (Lipinski definition) is 2. The van der Waals surface area contributed by atoms with Crippen LogP contribution in [0.5, 0.6) is 0 Å². The number of halogens is 3. The number of imidazole rings is 1. The van der Waals surface area contributed by atoms with Gasteiger partial charge in [0.25, 0.3) is 0 Å². The van der Waals surface area contributed by atoms with E-state index in [9.17, 15) is 8.78 Å². The first-order valence-electron chi connectivity index (χ1n) is 8.56. The SMILES string of the molecule is CN=C(NCc1cccc(Cn2ccnc2)c1)NCc1cc(F)ccc1F.I. The second-order valence-corrected chi connectivity index (χ2v) is 6.07. The molecular formula is C20H22F2IN5. The summed E-state index contributed by atoms with van der Waals surface area (Å²) in [6.07, 6.45) is 5.45. The molecule has 0 amide bonds. The molecule has 0 fully saturated rings. The van der Waals surface area contributed by atoms with E-state index < -0.39 is 11.6 Å². The van der Waals surface area contributed by atoms with Crippen molar-refractivity contribution < 1.29 is 8.78 Å². The Kier molecular flexibility index (Phi) is 8.37. The van der Waals surface area contributed by atoms with E-state index in [1.54, 1.807) is 19.6 Å². The lowest BCUT2D eigenvalue weighted by atomic mass is 10.1. The largest absolute Gasteiger partial charge is 0.352 e. The Bertz CT molecular complexity index is 913. The summed E-state index contributed by atoms with van der Waals surface area (Å²) in [5, 5.41) is 6.17. The summed E-state index contributed by atoms with van der Waals surface area (Å²) >= 11 is 0. The van der Waals surface area contributed by atoms with Gasteiger partial charge < -0.3 is 15.2 Å². The first kappa shape index (κ1) is 21.8. The van der Waals surface area contributed by atoms with Crippen LogP contribution in [0.1, 0.15) is 16.7 Å². The average molecular weight is 497 g/mol. The van der Waals surface area contributed by atoms with E-state index in [-0.39, 0.29) is 36.1 Å². The number of nitrogens with zero attached hydrogens (tertiary/aromatic N) is 3. The van der Waals surface area contributed by atoms with E-state index in [2.05, 4.69) is 32.7 Å². The van der Waals surface area contributed by atoms with E-state index in [0.29, 0.717) is 12.5 Å². The zero-order valence-corrected chi connectivity index (χ0v) is 17.7. The Hall–Kier alpha value is -2.49. The van der Waals surface area contributed by atoms with Crippen molar-refractivity contribution in [3.8, 4) is 0 Å². The Balaban J connectivity index is 0.00000280. The van der Waals surface area contributed by atoms with Crippen LogP contribution < -0.4 is 10.6 Å². The summed E-state index contributed by atoms with van der Waals surface area (Å²) < 4.78 is 29.0. The third kappa shape index (κ3) is 6.29. The van der Waals surface area contributed by atoms with Gasteiger partial charge in [-0.3, -0.25) is 4.99 Å². The highest BCUT2D eigenvalue weighted by Crippen LogP contribution is 2.09. The Morgan fingerprint density at radius 2 is 1.86 bits per heavy atom. The van der Waals surface area contributed by atoms with Crippen LogP contribution in [0.25, 0.3) is 0 Å². The summed E-state index contributed by atoms with van der Waals surface area (Å²) in [5.41, 5.74) is 2.50. The highest BCUT2D eigenvalue weighted by Gasteiger charge is 2.05. The Morgan fingerprint density at radius 1 is 1.07 bits per heavy atom. The molecule has 2 aromatic carbocycles. The Morgan fingerprint density at radius 3 is 2.61 bits per heavy atom. The molecule has 0 aliphatic carbocycles. The molecule has 0 spiro atoms. The fourth-order valence-corrected chi connectivity index (χ4v) is 2.69. The summed E-state index contributed by atoms with van der Waals surface area (Å²) in [5.74, 6) is -0.406. The molecule has 8 heteroatoms. The van der Waals surface area contributed by atoms with Crippen LogP contribution in [-0.4, -0.2) is 22.6 Å². The topological polar surface area (TPSA) is 54.2 Å². The molecule has 0 radical (unpaired) electrons. The minimum atomic E-state index is -0.467. The van der Waals surface area contributed by atoms with Gasteiger partial charge in [0.15, 0.2) is 5.96 Å². The molecule has 0 saturated heterocycles. The number of aliphatic imine (C=N–C) groups is 1. The molecule has 2 N–H and O–H groups in total. The number of benzene rings is 2. The van der Waals surface area contributed by atoms with Crippen molar-refractivity contribution in [3.63, 3.8) is 0 Å². The first-order valence-corrected chi connectivity index (χ1v) is 8.56. The smallest absolute Gasteiger partial charge is 0.191 e. The van der Waals surface area contributed by atoms with Crippen molar-refractivity contribution in [2.75, 3.05) is 7.05 Å². The van der Waals surface area contributed by atoms with E-state index in [4.69, 9.17) is 0 Å².